The Morgan fingerprint density at radius 2 is 1.55 bits per heavy atom. The number of esters is 1. The van der Waals surface area contributed by atoms with Crippen LogP contribution < -0.4 is 4.90 Å². The Hall–Kier alpha value is -3.74. The molecule has 5 nitrogen and oxygen atoms in total. The van der Waals surface area contributed by atoms with E-state index in [4.69, 9.17) is 4.74 Å². The van der Waals surface area contributed by atoms with E-state index in [9.17, 15) is 23.5 Å². The highest BCUT2D eigenvalue weighted by Gasteiger charge is 2.48. The van der Waals surface area contributed by atoms with E-state index in [0.717, 1.165) is 5.56 Å². The number of carbonyl (C=O) groups excluding carboxylic acids is 2. The number of nitrogens with zero attached hydrogens (tertiary/aromatic N) is 1. The van der Waals surface area contributed by atoms with Crippen LogP contribution in [0.5, 0.6) is 5.75 Å². The van der Waals surface area contributed by atoms with Crippen LogP contribution in [-0.2, 0) is 14.3 Å². The third kappa shape index (κ3) is 4.87. The molecule has 1 saturated heterocycles. The van der Waals surface area contributed by atoms with E-state index in [0.29, 0.717) is 24.1 Å². The summed E-state index contributed by atoms with van der Waals surface area (Å²) in [5, 5.41) is 9.67. The summed E-state index contributed by atoms with van der Waals surface area (Å²) in [6.45, 7) is 1.31. The average molecular weight is 451 g/mol. The minimum Gasteiger partial charge on any atom is -0.508 e. The number of aromatic hydroxyl groups is 1. The lowest BCUT2D eigenvalue weighted by atomic mass is 9.78. The molecule has 1 fully saturated rings. The second kappa shape index (κ2) is 9.40. The summed E-state index contributed by atoms with van der Waals surface area (Å²) in [4.78, 5) is 26.4. The number of benzene rings is 3. The van der Waals surface area contributed by atoms with Gasteiger partial charge in [-0.2, -0.15) is 0 Å². The summed E-state index contributed by atoms with van der Waals surface area (Å²) in [5.74, 6) is -1.67. The van der Waals surface area contributed by atoms with Gasteiger partial charge in [0.05, 0.1) is 12.0 Å². The van der Waals surface area contributed by atoms with Gasteiger partial charge in [-0.15, -0.1) is 0 Å². The second-order valence-corrected chi connectivity index (χ2v) is 8.05. The molecule has 170 valence electrons. The molecular formula is C26H23F2NO4. The molecule has 4 rings (SSSR count). The molecule has 3 aromatic rings. The minimum absolute atomic E-state index is 0.112. The van der Waals surface area contributed by atoms with Gasteiger partial charge in [-0.25, -0.2) is 8.78 Å². The van der Waals surface area contributed by atoms with Gasteiger partial charge in [0.15, 0.2) is 0 Å². The molecular weight excluding hydrogens is 428 g/mol. The van der Waals surface area contributed by atoms with Crippen LogP contribution in [0.2, 0.25) is 0 Å². The second-order valence-electron chi connectivity index (χ2n) is 8.05. The third-order valence-corrected chi connectivity index (χ3v) is 5.84. The number of carbonyl (C=O) groups is 2. The van der Waals surface area contributed by atoms with Gasteiger partial charge in [0.2, 0.25) is 5.91 Å². The molecule has 33 heavy (non-hydrogen) atoms. The summed E-state index contributed by atoms with van der Waals surface area (Å²) in [6, 6.07) is 17.7. The van der Waals surface area contributed by atoms with Crippen LogP contribution in [0.1, 0.15) is 43.0 Å². The smallest absolute Gasteiger partial charge is 0.303 e. The van der Waals surface area contributed by atoms with Crippen molar-refractivity contribution in [1.29, 1.82) is 0 Å². The molecule has 1 aliphatic rings. The highest BCUT2D eigenvalue weighted by molar-refractivity contribution is 6.03. The Morgan fingerprint density at radius 1 is 0.970 bits per heavy atom. The normalized spacial score (nSPS) is 18.5. The maximum atomic E-state index is 13.4. The first-order valence-corrected chi connectivity index (χ1v) is 10.6. The number of hydrogen-bond acceptors (Lipinski definition) is 4. The molecule has 1 heterocycles. The van der Waals surface area contributed by atoms with E-state index < -0.39 is 29.6 Å². The van der Waals surface area contributed by atoms with Crippen molar-refractivity contribution in [3.05, 3.63) is 95.6 Å². The molecule has 0 aliphatic carbocycles. The van der Waals surface area contributed by atoms with Crippen LogP contribution >= 0.6 is 0 Å². The molecule has 0 spiro atoms. The number of ether oxygens (including phenoxy) is 1. The Bertz CT molecular complexity index is 1130. The Morgan fingerprint density at radius 3 is 2.12 bits per heavy atom. The number of anilines is 1. The van der Waals surface area contributed by atoms with Crippen LogP contribution in [-0.4, -0.2) is 17.0 Å². The molecule has 1 amide bonds. The van der Waals surface area contributed by atoms with E-state index in [1.165, 1.54) is 31.2 Å². The third-order valence-electron chi connectivity index (χ3n) is 5.84. The predicted octanol–water partition coefficient (Wildman–Crippen LogP) is 5.46. The van der Waals surface area contributed by atoms with Crippen molar-refractivity contribution < 1.29 is 28.2 Å². The summed E-state index contributed by atoms with van der Waals surface area (Å²) >= 11 is 0. The number of halogens is 2. The molecule has 0 saturated carbocycles. The van der Waals surface area contributed by atoms with Crippen molar-refractivity contribution in [2.75, 3.05) is 4.90 Å². The van der Waals surface area contributed by atoms with Gasteiger partial charge in [0.25, 0.3) is 0 Å². The molecule has 3 aromatic carbocycles. The lowest BCUT2D eigenvalue weighted by molar-refractivity contribution is -0.147. The summed E-state index contributed by atoms with van der Waals surface area (Å²) < 4.78 is 32.2. The summed E-state index contributed by atoms with van der Waals surface area (Å²) in [5.41, 5.74) is 2.05. The standard InChI is InChI=1S/C26H23F2NO4/c1-16(30)33-24(17-2-6-19(27)7-3-17)15-14-23-25(18-4-12-22(31)13-5-18)29(26(23)32)21-10-8-20(28)9-11-21/h2-13,23-25,31H,14-15H2,1H3/t23?,24-,25+/m0/s1. The lowest BCUT2D eigenvalue weighted by Crippen LogP contribution is -2.55. The minimum atomic E-state index is -0.615. The van der Waals surface area contributed by atoms with Crippen LogP contribution in [0.15, 0.2) is 72.8 Å². The van der Waals surface area contributed by atoms with Crippen LogP contribution in [0.4, 0.5) is 14.5 Å². The van der Waals surface area contributed by atoms with Crippen molar-refractivity contribution in [3.8, 4) is 5.75 Å². The summed E-state index contributed by atoms with van der Waals surface area (Å²) in [7, 11) is 0. The van der Waals surface area contributed by atoms with E-state index in [-0.39, 0.29) is 17.7 Å². The first kappa shape index (κ1) is 22.5. The number of rotatable bonds is 7. The number of phenols is 1. The SMILES string of the molecule is CC(=O)O[C@@H](CCC1C(=O)N(c2ccc(F)cc2)[C@@H]1c1ccc(O)cc1)c1ccc(F)cc1. The fourth-order valence-electron chi connectivity index (χ4n) is 4.27. The van der Waals surface area contributed by atoms with Gasteiger partial charge in [0.1, 0.15) is 23.5 Å². The van der Waals surface area contributed by atoms with Crippen molar-refractivity contribution in [1.82, 2.24) is 0 Å². The van der Waals surface area contributed by atoms with Gasteiger partial charge in [-0.1, -0.05) is 24.3 Å². The molecule has 1 unspecified atom stereocenters. The molecule has 0 aromatic heterocycles. The van der Waals surface area contributed by atoms with Crippen molar-refractivity contribution in [2.24, 2.45) is 5.92 Å². The van der Waals surface area contributed by atoms with Gasteiger partial charge >= 0.3 is 5.97 Å². The van der Waals surface area contributed by atoms with Crippen molar-refractivity contribution >= 4 is 17.6 Å². The van der Waals surface area contributed by atoms with E-state index >= 15 is 0 Å². The lowest BCUT2D eigenvalue weighted by Gasteiger charge is -2.48. The average Bonchev–Trinajstić information content (AvgIpc) is 2.79. The first-order chi connectivity index (χ1) is 15.8. The van der Waals surface area contributed by atoms with Gasteiger partial charge < -0.3 is 14.7 Å². The maximum Gasteiger partial charge on any atom is 0.303 e. The highest BCUT2D eigenvalue weighted by atomic mass is 19.1. The van der Waals surface area contributed by atoms with Crippen molar-refractivity contribution in [2.45, 2.75) is 31.9 Å². The van der Waals surface area contributed by atoms with E-state index in [2.05, 4.69) is 0 Å². The Labute approximate surface area is 190 Å². The van der Waals surface area contributed by atoms with Gasteiger partial charge in [0, 0.05) is 12.6 Å². The van der Waals surface area contributed by atoms with Crippen LogP contribution in [0, 0.1) is 17.6 Å². The molecule has 0 radical (unpaired) electrons. The monoisotopic (exact) mass is 451 g/mol. The zero-order chi connectivity index (χ0) is 23.5. The summed E-state index contributed by atoms with van der Waals surface area (Å²) in [6.07, 6.45) is 0.168. The number of β-lactam (4-membered cyclic amide) rings is 1. The maximum absolute atomic E-state index is 13.4. The number of hydrogen-bond donors (Lipinski definition) is 1. The molecule has 3 atom stereocenters. The molecule has 1 aliphatic heterocycles. The van der Waals surface area contributed by atoms with Crippen molar-refractivity contribution in [3.63, 3.8) is 0 Å². The highest BCUT2D eigenvalue weighted by Crippen LogP contribution is 2.46. The van der Waals surface area contributed by atoms with Crippen LogP contribution in [0.25, 0.3) is 0 Å². The predicted molar refractivity (Wildman–Crippen MR) is 118 cm³/mol. The molecule has 0 bridgehead atoms. The van der Waals surface area contributed by atoms with E-state index in [1.807, 2.05) is 0 Å². The topological polar surface area (TPSA) is 66.8 Å². The van der Waals surface area contributed by atoms with Gasteiger partial charge in [-0.05, 0) is 72.5 Å². The largest absolute Gasteiger partial charge is 0.508 e. The van der Waals surface area contributed by atoms with Gasteiger partial charge in [-0.3, -0.25) is 9.59 Å². The molecule has 7 heteroatoms. The number of amides is 1. The quantitative estimate of drug-likeness (QED) is 0.383. The molecule has 1 N–H and O–H groups in total. The zero-order valence-electron chi connectivity index (χ0n) is 17.9. The fourth-order valence-corrected chi connectivity index (χ4v) is 4.27. The fraction of sp³-hybridized carbons (Fsp3) is 0.231. The zero-order valence-corrected chi connectivity index (χ0v) is 17.9. The Balaban J connectivity index is 1.58. The Kier molecular flexibility index (Phi) is 6.40. The van der Waals surface area contributed by atoms with Crippen LogP contribution in [0.3, 0.4) is 0 Å². The number of phenolic OH excluding ortho intramolecular Hbond substituents is 1. The first-order valence-electron chi connectivity index (χ1n) is 10.6. The van der Waals surface area contributed by atoms with E-state index in [1.54, 1.807) is 53.4 Å².